The first kappa shape index (κ1) is 17.0. The summed E-state index contributed by atoms with van der Waals surface area (Å²) in [6.45, 7) is 0.869. The van der Waals surface area contributed by atoms with Crippen molar-refractivity contribution in [2.75, 3.05) is 20.6 Å². The molecule has 1 aromatic carbocycles. The van der Waals surface area contributed by atoms with Gasteiger partial charge >= 0.3 is 0 Å². The van der Waals surface area contributed by atoms with Gasteiger partial charge in [-0.1, -0.05) is 0 Å². The molecule has 0 aromatic heterocycles. The lowest BCUT2D eigenvalue weighted by Crippen LogP contribution is -2.42. The van der Waals surface area contributed by atoms with Crippen molar-refractivity contribution < 1.29 is 13.2 Å². The molecule has 2 atom stereocenters. The summed E-state index contributed by atoms with van der Waals surface area (Å²) in [4.78, 5) is 15.4. The van der Waals surface area contributed by atoms with Gasteiger partial charge in [-0.25, -0.2) is 12.7 Å². The van der Waals surface area contributed by atoms with Gasteiger partial charge in [0, 0.05) is 32.2 Å². The number of hydrogen-bond acceptors (Lipinski definition) is 3. The summed E-state index contributed by atoms with van der Waals surface area (Å²) in [5, 5.41) is 0. The highest BCUT2D eigenvalue weighted by Gasteiger charge is 2.44. The molecular formula is C19H26N2O3S. The minimum atomic E-state index is -3.46. The highest BCUT2D eigenvalue weighted by atomic mass is 32.2. The largest absolute Gasteiger partial charge is 0.335 e. The summed E-state index contributed by atoms with van der Waals surface area (Å²) in [6.07, 6.45) is 6.19. The number of rotatable bonds is 3. The molecule has 4 aliphatic rings. The maximum atomic E-state index is 13.1. The molecule has 25 heavy (non-hydrogen) atoms. The minimum Gasteiger partial charge on any atom is -0.335 e. The topological polar surface area (TPSA) is 57.7 Å². The molecule has 5 rings (SSSR count). The molecule has 2 saturated heterocycles. The van der Waals surface area contributed by atoms with Crippen LogP contribution in [0.15, 0.2) is 29.2 Å². The Morgan fingerprint density at radius 2 is 1.52 bits per heavy atom. The predicted octanol–water partition coefficient (Wildman–Crippen LogP) is 2.59. The molecule has 2 unspecified atom stereocenters. The summed E-state index contributed by atoms with van der Waals surface area (Å²) < 4.78 is 25.6. The van der Waals surface area contributed by atoms with Crippen LogP contribution in [0.5, 0.6) is 0 Å². The zero-order chi connectivity index (χ0) is 17.8. The summed E-state index contributed by atoms with van der Waals surface area (Å²) in [5.41, 5.74) is 0.596. The van der Waals surface area contributed by atoms with E-state index >= 15 is 0 Å². The lowest BCUT2D eigenvalue weighted by Gasteiger charge is -2.39. The average molecular weight is 362 g/mol. The molecule has 2 heterocycles. The molecule has 2 aliphatic carbocycles. The number of hydrogen-bond donors (Lipinski definition) is 0. The quantitative estimate of drug-likeness (QED) is 0.830. The third kappa shape index (κ3) is 2.99. The van der Waals surface area contributed by atoms with Gasteiger partial charge < -0.3 is 4.90 Å². The second-order valence-electron chi connectivity index (χ2n) is 8.20. The fraction of sp³-hybridized carbons (Fsp3) is 0.632. The van der Waals surface area contributed by atoms with Gasteiger partial charge in [-0.05, 0) is 74.1 Å². The molecule has 0 spiro atoms. The molecule has 1 aromatic rings. The Labute approximate surface area is 150 Å². The molecule has 4 fully saturated rings. The summed E-state index contributed by atoms with van der Waals surface area (Å²) in [6, 6.07) is 6.78. The first-order chi connectivity index (χ1) is 11.8. The van der Waals surface area contributed by atoms with Crippen LogP contribution in [0.25, 0.3) is 0 Å². The summed E-state index contributed by atoms with van der Waals surface area (Å²) in [7, 11) is -0.435. The standard InChI is InChI=1S/C19H26N2O3S/c1-20(2)25(23,24)18-5-3-16(4-6-18)19(22)21-12-15-8-13-7-14(9-15)11-17(21)10-13/h3-6,13-15,17H,7-12H2,1-2H3. The van der Waals surface area contributed by atoms with Crippen molar-refractivity contribution in [2.45, 2.75) is 43.0 Å². The molecule has 0 radical (unpaired) electrons. The monoisotopic (exact) mass is 362 g/mol. The van der Waals surface area contributed by atoms with Crippen molar-refractivity contribution in [3.63, 3.8) is 0 Å². The van der Waals surface area contributed by atoms with Crippen molar-refractivity contribution in [2.24, 2.45) is 17.8 Å². The van der Waals surface area contributed by atoms with Crippen LogP contribution in [0.4, 0.5) is 0 Å². The van der Waals surface area contributed by atoms with E-state index in [0.29, 0.717) is 17.5 Å². The van der Waals surface area contributed by atoms with Crippen molar-refractivity contribution >= 4 is 15.9 Å². The Morgan fingerprint density at radius 1 is 0.960 bits per heavy atom. The SMILES string of the molecule is CN(C)S(=O)(=O)c1ccc(C(=O)N2CC3CC4CC(C3)CC2C4)cc1. The highest BCUT2D eigenvalue weighted by molar-refractivity contribution is 7.89. The average Bonchev–Trinajstić information content (AvgIpc) is 2.77. The first-order valence-electron chi connectivity index (χ1n) is 9.18. The van der Waals surface area contributed by atoms with E-state index in [4.69, 9.17) is 0 Å². The van der Waals surface area contributed by atoms with Crippen LogP contribution < -0.4 is 0 Å². The molecule has 2 saturated carbocycles. The molecule has 5 nitrogen and oxygen atoms in total. The van der Waals surface area contributed by atoms with E-state index < -0.39 is 10.0 Å². The van der Waals surface area contributed by atoms with Crippen LogP contribution in [0.2, 0.25) is 0 Å². The fourth-order valence-corrected chi connectivity index (χ4v) is 6.08. The Hall–Kier alpha value is -1.40. The molecule has 1 amide bonds. The molecular weight excluding hydrogens is 336 g/mol. The predicted molar refractivity (Wildman–Crippen MR) is 95.7 cm³/mol. The van der Waals surface area contributed by atoms with Gasteiger partial charge in [0.2, 0.25) is 10.0 Å². The van der Waals surface area contributed by atoms with Crippen LogP contribution in [-0.2, 0) is 10.0 Å². The highest BCUT2D eigenvalue weighted by Crippen LogP contribution is 2.47. The van der Waals surface area contributed by atoms with Crippen molar-refractivity contribution in [3.05, 3.63) is 29.8 Å². The molecule has 4 bridgehead atoms. The third-order valence-corrected chi connectivity index (χ3v) is 8.08. The van der Waals surface area contributed by atoms with E-state index in [-0.39, 0.29) is 10.8 Å². The second-order valence-corrected chi connectivity index (χ2v) is 10.4. The Bertz CT molecular complexity index is 758. The van der Waals surface area contributed by atoms with Gasteiger partial charge in [0.1, 0.15) is 0 Å². The second kappa shape index (κ2) is 6.09. The zero-order valence-corrected chi connectivity index (χ0v) is 15.7. The normalized spacial score (nSPS) is 31.4. The van der Waals surface area contributed by atoms with Gasteiger partial charge in [0.25, 0.3) is 5.91 Å². The first-order valence-corrected chi connectivity index (χ1v) is 10.6. The lowest BCUT2D eigenvalue weighted by atomic mass is 9.68. The van der Waals surface area contributed by atoms with Gasteiger partial charge in [0.15, 0.2) is 0 Å². The van der Waals surface area contributed by atoms with Gasteiger partial charge in [0.05, 0.1) is 4.90 Å². The number of benzene rings is 1. The van der Waals surface area contributed by atoms with E-state index in [1.54, 1.807) is 24.3 Å². The number of carbonyl (C=O) groups excluding carboxylic acids is 1. The number of carbonyl (C=O) groups is 1. The Morgan fingerprint density at radius 3 is 2.08 bits per heavy atom. The van der Waals surface area contributed by atoms with E-state index in [2.05, 4.69) is 4.90 Å². The van der Waals surface area contributed by atoms with Gasteiger partial charge in [-0.2, -0.15) is 0 Å². The molecule has 6 heteroatoms. The number of fused-ring (bicyclic) bond motifs is 1. The van der Waals surface area contributed by atoms with Crippen LogP contribution in [0.3, 0.4) is 0 Å². The molecule has 0 N–H and O–H groups in total. The van der Waals surface area contributed by atoms with E-state index in [9.17, 15) is 13.2 Å². The Balaban J connectivity index is 1.57. The zero-order valence-electron chi connectivity index (χ0n) is 14.9. The van der Waals surface area contributed by atoms with Crippen molar-refractivity contribution in [1.82, 2.24) is 9.21 Å². The van der Waals surface area contributed by atoms with Crippen LogP contribution >= 0.6 is 0 Å². The Kier molecular flexibility index (Phi) is 4.15. The van der Waals surface area contributed by atoms with Crippen LogP contribution in [0, 0.1) is 17.8 Å². The lowest BCUT2D eigenvalue weighted by molar-refractivity contribution is 0.0632. The van der Waals surface area contributed by atoms with Gasteiger partial charge in [-0.15, -0.1) is 0 Å². The van der Waals surface area contributed by atoms with E-state index in [1.165, 1.54) is 37.7 Å². The molecule has 2 aliphatic heterocycles. The third-order valence-electron chi connectivity index (χ3n) is 6.25. The van der Waals surface area contributed by atoms with Crippen molar-refractivity contribution in [3.8, 4) is 0 Å². The number of nitrogens with zero attached hydrogens (tertiary/aromatic N) is 2. The van der Waals surface area contributed by atoms with Gasteiger partial charge in [-0.3, -0.25) is 4.79 Å². The van der Waals surface area contributed by atoms with Crippen LogP contribution in [0.1, 0.15) is 42.5 Å². The maximum absolute atomic E-state index is 13.1. The number of sulfonamides is 1. The van der Waals surface area contributed by atoms with E-state index in [1.807, 2.05) is 0 Å². The smallest absolute Gasteiger partial charge is 0.254 e. The minimum absolute atomic E-state index is 0.0620. The molecule has 136 valence electrons. The number of amides is 1. The fourth-order valence-electron chi connectivity index (χ4n) is 5.18. The maximum Gasteiger partial charge on any atom is 0.254 e. The van der Waals surface area contributed by atoms with Crippen molar-refractivity contribution in [1.29, 1.82) is 0 Å². The van der Waals surface area contributed by atoms with Crippen LogP contribution in [-0.4, -0.2) is 50.2 Å². The van der Waals surface area contributed by atoms with E-state index in [0.717, 1.165) is 31.2 Å². The summed E-state index contributed by atoms with van der Waals surface area (Å²) >= 11 is 0. The summed E-state index contributed by atoms with van der Waals surface area (Å²) in [5.74, 6) is 2.31.